The SMILES string of the molecule is CCN(CC(N)=O)Cc1nnsc1N. The van der Waals surface area contributed by atoms with E-state index in [1.807, 2.05) is 11.8 Å². The van der Waals surface area contributed by atoms with Gasteiger partial charge in [0.15, 0.2) is 0 Å². The topological polar surface area (TPSA) is 98.1 Å². The second-order valence-corrected chi connectivity index (χ2v) is 3.64. The molecule has 78 valence electrons. The summed E-state index contributed by atoms with van der Waals surface area (Å²) in [5.41, 5.74) is 11.4. The summed E-state index contributed by atoms with van der Waals surface area (Å²) >= 11 is 1.15. The van der Waals surface area contributed by atoms with E-state index in [0.29, 0.717) is 17.2 Å². The molecule has 1 amide bonds. The van der Waals surface area contributed by atoms with E-state index in [0.717, 1.165) is 18.1 Å². The van der Waals surface area contributed by atoms with Gasteiger partial charge < -0.3 is 11.5 Å². The van der Waals surface area contributed by atoms with Gasteiger partial charge in [-0.15, -0.1) is 5.10 Å². The molecule has 0 aliphatic heterocycles. The van der Waals surface area contributed by atoms with Gasteiger partial charge >= 0.3 is 0 Å². The minimum absolute atomic E-state index is 0.216. The lowest BCUT2D eigenvalue weighted by atomic mass is 10.4. The Morgan fingerprint density at radius 2 is 2.36 bits per heavy atom. The lowest BCUT2D eigenvalue weighted by Gasteiger charge is -2.16. The third-order valence-electron chi connectivity index (χ3n) is 1.79. The van der Waals surface area contributed by atoms with Crippen molar-refractivity contribution in [1.82, 2.24) is 14.5 Å². The highest BCUT2D eigenvalue weighted by Gasteiger charge is 2.11. The molecule has 0 aliphatic carbocycles. The Kier molecular flexibility index (Phi) is 3.78. The zero-order valence-corrected chi connectivity index (χ0v) is 8.75. The molecule has 0 saturated heterocycles. The zero-order valence-electron chi connectivity index (χ0n) is 7.93. The summed E-state index contributed by atoms with van der Waals surface area (Å²) in [6.07, 6.45) is 0. The number of nitrogen functional groups attached to an aromatic ring is 1. The van der Waals surface area contributed by atoms with Crippen LogP contribution in [-0.4, -0.2) is 33.5 Å². The quantitative estimate of drug-likeness (QED) is 0.685. The lowest BCUT2D eigenvalue weighted by Crippen LogP contribution is -2.33. The summed E-state index contributed by atoms with van der Waals surface area (Å²) in [6.45, 7) is 3.40. The summed E-state index contributed by atoms with van der Waals surface area (Å²) in [5.74, 6) is -0.353. The fourth-order valence-electron chi connectivity index (χ4n) is 1.04. The summed E-state index contributed by atoms with van der Waals surface area (Å²) < 4.78 is 3.71. The number of carbonyl (C=O) groups excluding carboxylic acids is 1. The maximum absolute atomic E-state index is 10.7. The molecule has 7 heteroatoms. The molecule has 4 N–H and O–H groups in total. The molecular formula is C7H13N5OS. The van der Waals surface area contributed by atoms with Gasteiger partial charge in [0, 0.05) is 18.1 Å². The molecule has 14 heavy (non-hydrogen) atoms. The van der Waals surface area contributed by atoms with Gasteiger partial charge in [0.25, 0.3) is 0 Å². The number of primary amides is 1. The number of rotatable bonds is 5. The molecule has 0 unspecified atom stereocenters. The van der Waals surface area contributed by atoms with E-state index in [-0.39, 0.29) is 12.5 Å². The molecule has 1 heterocycles. The standard InChI is InChI=1S/C7H13N5OS/c1-2-12(4-6(8)13)3-5-7(9)14-11-10-5/h2-4,9H2,1H3,(H2,8,13). The van der Waals surface area contributed by atoms with Crippen LogP contribution in [0, 0.1) is 0 Å². The van der Waals surface area contributed by atoms with Crippen molar-refractivity contribution < 1.29 is 4.79 Å². The summed E-state index contributed by atoms with van der Waals surface area (Å²) in [7, 11) is 0. The number of anilines is 1. The van der Waals surface area contributed by atoms with Crippen molar-refractivity contribution in [3.63, 3.8) is 0 Å². The molecule has 1 aromatic heterocycles. The average molecular weight is 215 g/mol. The van der Waals surface area contributed by atoms with E-state index in [1.54, 1.807) is 0 Å². The Bertz CT molecular complexity index is 313. The second kappa shape index (κ2) is 4.87. The van der Waals surface area contributed by atoms with Crippen LogP contribution in [0.1, 0.15) is 12.6 Å². The van der Waals surface area contributed by atoms with Gasteiger partial charge in [0.2, 0.25) is 5.91 Å². The zero-order chi connectivity index (χ0) is 10.6. The number of hydrogen-bond acceptors (Lipinski definition) is 6. The van der Waals surface area contributed by atoms with E-state index in [4.69, 9.17) is 11.5 Å². The van der Waals surface area contributed by atoms with Crippen molar-refractivity contribution in [3.05, 3.63) is 5.69 Å². The van der Waals surface area contributed by atoms with E-state index in [1.165, 1.54) is 0 Å². The molecule has 6 nitrogen and oxygen atoms in total. The minimum atomic E-state index is -0.353. The monoisotopic (exact) mass is 215 g/mol. The average Bonchev–Trinajstić information content (AvgIpc) is 2.50. The third-order valence-corrected chi connectivity index (χ3v) is 2.38. The summed E-state index contributed by atoms with van der Waals surface area (Å²) in [6, 6.07) is 0. The number of hydrogen-bond donors (Lipinski definition) is 2. The number of carbonyl (C=O) groups is 1. The first kappa shape index (κ1) is 10.9. The van der Waals surface area contributed by atoms with Crippen molar-refractivity contribution in [2.24, 2.45) is 5.73 Å². The molecule has 0 spiro atoms. The molecule has 1 rings (SSSR count). The fraction of sp³-hybridized carbons (Fsp3) is 0.571. The molecule has 0 aromatic carbocycles. The van der Waals surface area contributed by atoms with Crippen LogP contribution in [0.4, 0.5) is 5.00 Å². The first-order valence-corrected chi connectivity index (χ1v) is 4.98. The van der Waals surface area contributed by atoms with Crippen molar-refractivity contribution in [2.75, 3.05) is 18.8 Å². The molecule has 0 aliphatic rings. The Hall–Kier alpha value is -1.21. The summed E-state index contributed by atoms with van der Waals surface area (Å²) in [4.78, 5) is 12.6. The molecular weight excluding hydrogens is 202 g/mol. The highest BCUT2D eigenvalue weighted by atomic mass is 32.1. The predicted molar refractivity (Wildman–Crippen MR) is 54.5 cm³/mol. The van der Waals surface area contributed by atoms with Crippen LogP contribution in [0.25, 0.3) is 0 Å². The normalized spacial score (nSPS) is 10.7. The number of aromatic nitrogens is 2. The van der Waals surface area contributed by atoms with Gasteiger partial charge in [-0.2, -0.15) is 0 Å². The molecule has 0 fully saturated rings. The number of nitrogens with zero attached hydrogens (tertiary/aromatic N) is 3. The maximum Gasteiger partial charge on any atom is 0.231 e. The van der Waals surface area contributed by atoms with E-state index in [9.17, 15) is 4.79 Å². The smallest absolute Gasteiger partial charge is 0.231 e. The molecule has 0 radical (unpaired) electrons. The van der Waals surface area contributed by atoms with Gasteiger partial charge in [-0.1, -0.05) is 11.4 Å². The first-order chi connectivity index (χ1) is 6.63. The molecule has 0 atom stereocenters. The van der Waals surface area contributed by atoms with Gasteiger partial charge in [-0.25, -0.2) is 0 Å². The van der Waals surface area contributed by atoms with Crippen LogP contribution in [0.5, 0.6) is 0 Å². The fourth-order valence-corrected chi connectivity index (χ4v) is 1.47. The van der Waals surface area contributed by atoms with Crippen molar-refractivity contribution in [3.8, 4) is 0 Å². The van der Waals surface area contributed by atoms with E-state index >= 15 is 0 Å². The highest BCUT2D eigenvalue weighted by Crippen LogP contribution is 2.14. The van der Waals surface area contributed by atoms with Gasteiger partial charge in [-0.3, -0.25) is 9.69 Å². The first-order valence-electron chi connectivity index (χ1n) is 4.20. The van der Waals surface area contributed by atoms with E-state index in [2.05, 4.69) is 9.59 Å². The van der Waals surface area contributed by atoms with Gasteiger partial charge in [0.05, 0.1) is 6.54 Å². The van der Waals surface area contributed by atoms with Crippen molar-refractivity contribution >= 4 is 22.4 Å². The van der Waals surface area contributed by atoms with Crippen LogP contribution >= 0.6 is 11.5 Å². The van der Waals surface area contributed by atoms with Crippen LogP contribution in [0.15, 0.2) is 0 Å². The highest BCUT2D eigenvalue weighted by molar-refractivity contribution is 7.09. The van der Waals surface area contributed by atoms with Crippen LogP contribution in [-0.2, 0) is 11.3 Å². The molecule has 1 aromatic rings. The van der Waals surface area contributed by atoms with E-state index < -0.39 is 0 Å². The van der Waals surface area contributed by atoms with Crippen LogP contribution in [0.2, 0.25) is 0 Å². The predicted octanol–water partition coefficient (Wildman–Crippen LogP) is -0.572. The van der Waals surface area contributed by atoms with Crippen LogP contribution in [0.3, 0.4) is 0 Å². The lowest BCUT2D eigenvalue weighted by molar-refractivity contribution is -0.119. The van der Waals surface area contributed by atoms with Crippen molar-refractivity contribution in [2.45, 2.75) is 13.5 Å². The molecule has 0 bridgehead atoms. The Morgan fingerprint density at radius 3 is 2.79 bits per heavy atom. The minimum Gasteiger partial charge on any atom is -0.388 e. The number of likely N-dealkylation sites (N-methyl/N-ethyl adjacent to an activating group) is 1. The Balaban J connectivity index is 2.57. The summed E-state index contributed by atoms with van der Waals surface area (Å²) in [5, 5.41) is 4.45. The molecule has 0 saturated carbocycles. The maximum atomic E-state index is 10.7. The second-order valence-electron chi connectivity index (χ2n) is 2.85. The Labute approximate surface area is 86.0 Å². The largest absolute Gasteiger partial charge is 0.388 e. The van der Waals surface area contributed by atoms with Gasteiger partial charge in [0.1, 0.15) is 10.7 Å². The third kappa shape index (κ3) is 2.93. The van der Waals surface area contributed by atoms with Gasteiger partial charge in [-0.05, 0) is 6.54 Å². The van der Waals surface area contributed by atoms with Crippen LogP contribution < -0.4 is 11.5 Å². The Morgan fingerprint density at radius 1 is 1.64 bits per heavy atom. The number of nitrogens with two attached hydrogens (primary N) is 2. The van der Waals surface area contributed by atoms with Crippen molar-refractivity contribution in [1.29, 1.82) is 0 Å². The number of amides is 1.